The highest BCUT2D eigenvalue weighted by molar-refractivity contribution is 6.36. The molecule has 0 aromatic heterocycles. The molecule has 0 aliphatic heterocycles. The molecule has 0 aliphatic rings. The molecule has 0 bridgehead atoms. The van der Waals surface area contributed by atoms with Crippen molar-refractivity contribution in [2.75, 3.05) is 0 Å². The maximum atomic E-state index is 13.2. The summed E-state index contributed by atoms with van der Waals surface area (Å²) in [4.78, 5) is 10.6. The van der Waals surface area contributed by atoms with Crippen LogP contribution >= 0.6 is 11.6 Å². The highest BCUT2D eigenvalue weighted by Crippen LogP contribution is 2.34. The van der Waals surface area contributed by atoms with Crippen LogP contribution in [0.3, 0.4) is 0 Å². The monoisotopic (exact) mass is 254 g/mol. The van der Waals surface area contributed by atoms with Crippen molar-refractivity contribution in [1.29, 1.82) is 0 Å². The van der Waals surface area contributed by atoms with Gasteiger partial charge in [0.05, 0.1) is 11.4 Å². The number of carboxylic acid groups (broad SMARTS) is 1. The molecule has 2 rings (SSSR count). The van der Waals surface area contributed by atoms with Crippen LogP contribution in [0.25, 0.3) is 10.8 Å². The van der Waals surface area contributed by atoms with Gasteiger partial charge in [-0.15, -0.1) is 0 Å². The van der Waals surface area contributed by atoms with Gasteiger partial charge in [0, 0.05) is 5.39 Å². The Hall–Kier alpha value is -1.81. The second kappa shape index (κ2) is 4.22. The number of halogens is 2. The van der Waals surface area contributed by atoms with Gasteiger partial charge in [0.1, 0.15) is 11.6 Å². The lowest BCUT2D eigenvalue weighted by molar-refractivity contribution is -0.136. The van der Waals surface area contributed by atoms with Gasteiger partial charge in [-0.25, -0.2) is 4.39 Å². The first kappa shape index (κ1) is 11.7. The summed E-state index contributed by atoms with van der Waals surface area (Å²) >= 11 is 5.74. The second-order valence-electron chi connectivity index (χ2n) is 3.64. The van der Waals surface area contributed by atoms with Crippen LogP contribution in [0.15, 0.2) is 24.3 Å². The summed E-state index contributed by atoms with van der Waals surface area (Å²) in [5.74, 6) is -1.85. The molecule has 0 heterocycles. The minimum Gasteiger partial charge on any atom is -0.507 e. The van der Waals surface area contributed by atoms with Crippen molar-refractivity contribution >= 4 is 28.3 Å². The SMILES string of the molecule is O=C(O)Cc1cc(O)c2c(Cl)c(F)ccc2c1. The molecule has 0 unspecified atom stereocenters. The first-order valence-corrected chi connectivity index (χ1v) is 5.18. The van der Waals surface area contributed by atoms with Crippen LogP contribution in [-0.4, -0.2) is 16.2 Å². The molecule has 3 nitrogen and oxygen atoms in total. The molecule has 0 atom stereocenters. The van der Waals surface area contributed by atoms with E-state index in [0.29, 0.717) is 10.9 Å². The van der Waals surface area contributed by atoms with Crippen molar-refractivity contribution in [1.82, 2.24) is 0 Å². The number of aliphatic carboxylic acids is 1. The standard InChI is InChI=1S/C12H8ClFO3/c13-12-8(14)2-1-7-3-6(5-10(16)17)4-9(15)11(7)12/h1-4,15H,5H2,(H,16,17). The first-order valence-electron chi connectivity index (χ1n) is 4.80. The van der Waals surface area contributed by atoms with Crippen LogP contribution in [0, 0.1) is 5.82 Å². The zero-order valence-electron chi connectivity index (χ0n) is 8.58. The van der Waals surface area contributed by atoms with E-state index in [2.05, 4.69) is 0 Å². The van der Waals surface area contributed by atoms with E-state index < -0.39 is 11.8 Å². The fourth-order valence-electron chi connectivity index (χ4n) is 1.71. The van der Waals surface area contributed by atoms with E-state index in [4.69, 9.17) is 16.7 Å². The number of fused-ring (bicyclic) bond motifs is 1. The van der Waals surface area contributed by atoms with Gasteiger partial charge in [-0.1, -0.05) is 23.7 Å². The van der Waals surface area contributed by atoms with Gasteiger partial charge in [-0.3, -0.25) is 4.79 Å². The lowest BCUT2D eigenvalue weighted by atomic mass is 10.0. The molecule has 0 saturated carbocycles. The van der Waals surface area contributed by atoms with Crippen molar-refractivity contribution in [3.63, 3.8) is 0 Å². The van der Waals surface area contributed by atoms with Crippen LogP contribution in [0.2, 0.25) is 5.02 Å². The zero-order chi connectivity index (χ0) is 12.6. The molecule has 0 amide bonds. The summed E-state index contributed by atoms with van der Waals surface area (Å²) in [5, 5.41) is 18.9. The van der Waals surface area contributed by atoms with Crippen LogP contribution in [0.1, 0.15) is 5.56 Å². The van der Waals surface area contributed by atoms with Crippen molar-refractivity contribution in [3.05, 3.63) is 40.7 Å². The predicted octanol–water partition coefficient (Wildman–Crippen LogP) is 2.97. The normalized spacial score (nSPS) is 10.7. The Morgan fingerprint density at radius 1 is 1.35 bits per heavy atom. The Bertz CT molecular complexity index is 610. The van der Waals surface area contributed by atoms with Crippen molar-refractivity contribution < 1.29 is 19.4 Å². The van der Waals surface area contributed by atoms with E-state index in [1.54, 1.807) is 6.07 Å². The molecule has 0 aliphatic carbocycles. The highest BCUT2D eigenvalue weighted by Gasteiger charge is 2.12. The van der Waals surface area contributed by atoms with Crippen molar-refractivity contribution in [3.8, 4) is 5.75 Å². The number of benzene rings is 2. The fourth-order valence-corrected chi connectivity index (χ4v) is 1.98. The molecule has 2 N–H and O–H groups in total. The second-order valence-corrected chi connectivity index (χ2v) is 4.02. The molecule has 0 spiro atoms. The molecule has 0 radical (unpaired) electrons. The Morgan fingerprint density at radius 3 is 2.71 bits per heavy atom. The molecule has 0 fully saturated rings. The van der Waals surface area contributed by atoms with E-state index in [-0.39, 0.29) is 22.6 Å². The zero-order valence-corrected chi connectivity index (χ0v) is 9.33. The maximum absolute atomic E-state index is 13.2. The quantitative estimate of drug-likeness (QED) is 0.866. The molecule has 17 heavy (non-hydrogen) atoms. The fraction of sp³-hybridized carbons (Fsp3) is 0.0833. The van der Waals surface area contributed by atoms with Gasteiger partial charge in [0.2, 0.25) is 0 Å². The molecule has 5 heteroatoms. The van der Waals surface area contributed by atoms with E-state index in [9.17, 15) is 14.3 Å². The number of phenols is 1. The van der Waals surface area contributed by atoms with Crippen molar-refractivity contribution in [2.45, 2.75) is 6.42 Å². The minimum absolute atomic E-state index is 0.165. The minimum atomic E-state index is -1.00. The molecular formula is C12H8ClFO3. The van der Waals surface area contributed by atoms with E-state index >= 15 is 0 Å². The maximum Gasteiger partial charge on any atom is 0.307 e. The van der Waals surface area contributed by atoms with Gasteiger partial charge in [-0.2, -0.15) is 0 Å². The molecule has 2 aromatic carbocycles. The summed E-state index contributed by atoms with van der Waals surface area (Å²) in [7, 11) is 0. The summed E-state index contributed by atoms with van der Waals surface area (Å²) < 4.78 is 13.2. The summed E-state index contributed by atoms with van der Waals surface area (Å²) in [6.45, 7) is 0. The lowest BCUT2D eigenvalue weighted by Crippen LogP contribution is -1.99. The van der Waals surface area contributed by atoms with Gasteiger partial charge < -0.3 is 10.2 Å². The Morgan fingerprint density at radius 2 is 2.06 bits per heavy atom. The Kier molecular flexibility index (Phi) is 2.90. The van der Waals surface area contributed by atoms with Crippen molar-refractivity contribution in [2.24, 2.45) is 0 Å². The third kappa shape index (κ3) is 2.17. The number of hydrogen-bond donors (Lipinski definition) is 2. The van der Waals surface area contributed by atoms with Crippen LogP contribution in [0.4, 0.5) is 4.39 Å². The number of phenolic OH excluding ortho intramolecular Hbond substituents is 1. The third-order valence-electron chi connectivity index (χ3n) is 2.40. The van der Waals surface area contributed by atoms with E-state index in [1.807, 2.05) is 0 Å². The predicted molar refractivity (Wildman–Crippen MR) is 61.9 cm³/mol. The topological polar surface area (TPSA) is 57.5 Å². The molecular weight excluding hydrogens is 247 g/mol. The average Bonchev–Trinajstić information content (AvgIpc) is 2.22. The van der Waals surface area contributed by atoms with E-state index in [0.717, 1.165) is 0 Å². The first-order chi connectivity index (χ1) is 7.99. The smallest absolute Gasteiger partial charge is 0.307 e. The number of carboxylic acids is 1. The summed E-state index contributed by atoms with van der Waals surface area (Å²) in [6.07, 6.45) is -0.210. The average molecular weight is 255 g/mol. The van der Waals surface area contributed by atoms with E-state index in [1.165, 1.54) is 18.2 Å². The Labute approximate surface area is 101 Å². The number of rotatable bonds is 2. The number of carbonyl (C=O) groups is 1. The Balaban J connectivity index is 2.68. The number of aromatic hydroxyl groups is 1. The van der Waals surface area contributed by atoms with Gasteiger partial charge in [-0.05, 0) is 23.1 Å². The van der Waals surface area contributed by atoms with Crippen LogP contribution in [0.5, 0.6) is 5.75 Å². The molecule has 88 valence electrons. The van der Waals surface area contributed by atoms with Gasteiger partial charge >= 0.3 is 5.97 Å². The molecule has 2 aromatic rings. The number of hydrogen-bond acceptors (Lipinski definition) is 2. The highest BCUT2D eigenvalue weighted by atomic mass is 35.5. The third-order valence-corrected chi connectivity index (χ3v) is 2.77. The van der Waals surface area contributed by atoms with Crippen LogP contribution < -0.4 is 0 Å². The van der Waals surface area contributed by atoms with Gasteiger partial charge in [0.15, 0.2) is 0 Å². The molecule has 0 saturated heterocycles. The van der Waals surface area contributed by atoms with Crippen LogP contribution in [-0.2, 0) is 11.2 Å². The largest absolute Gasteiger partial charge is 0.507 e. The lowest BCUT2D eigenvalue weighted by Gasteiger charge is -2.07. The summed E-state index contributed by atoms with van der Waals surface area (Å²) in [6, 6.07) is 5.46. The van der Waals surface area contributed by atoms with Gasteiger partial charge in [0.25, 0.3) is 0 Å². The summed E-state index contributed by atoms with van der Waals surface area (Å²) in [5.41, 5.74) is 0.435.